The Kier molecular flexibility index (Phi) is 11.5. The molecule has 0 saturated heterocycles. The van der Waals surface area contributed by atoms with Crippen molar-refractivity contribution in [3.05, 3.63) is 108 Å². The highest BCUT2D eigenvalue weighted by molar-refractivity contribution is 5.92. The zero-order valence-electron chi connectivity index (χ0n) is 23.5. The van der Waals surface area contributed by atoms with Gasteiger partial charge in [-0.15, -0.1) is 0 Å². The van der Waals surface area contributed by atoms with Gasteiger partial charge in [0.1, 0.15) is 30.9 Å². The van der Waals surface area contributed by atoms with Gasteiger partial charge in [-0.25, -0.2) is 9.59 Å². The van der Waals surface area contributed by atoms with Crippen molar-refractivity contribution in [2.75, 3.05) is 0 Å². The summed E-state index contributed by atoms with van der Waals surface area (Å²) in [6.45, 7) is 5.05. The first kappa shape index (κ1) is 30.9. The first-order valence-electron chi connectivity index (χ1n) is 13.3. The number of carbonyl (C=O) groups is 4. The maximum Gasteiger partial charge on any atom is 0.408 e. The van der Waals surface area contributed by atoms with Gasteiger partial charge in [-0.2, -0.15) is 0 Å². The number of alkyl carbamates (subject to hydrolysis) is 1. The third kappa shape index (κ3) is 11.5. The summed E-state index contributed by atoms with van der Waals surface area (Å²) >= 11 is 0. The quantitative estimate of drug-likeness (QED) is 0.248. The van der Waals surface area contributed by atoms with Gasteiger partial charge < -0.3 is 24.8 Å². The molecule has 0 bridgehead atoms. The van der Waals surface area contributed by atoms with Crippen LogP contribution < -0.4 is 10.6 Å². The molecule has 3 rings (SSSR count). The number of hydrogen-bond acceptors (Lipinski definition) is 7. The van der Waals surface area contributed by atoms with Crippen LogP contribution in [0.5, 0.6) is 0 Å². The predicted octanol–water partition coefficient (Wildman–Crippen LogP) is 4.48. The summed E-state index contributed by atoms with van der Waals surface area (Å²) in [4.78, 5) is 51.8. The zero-order chi connectivity index (χ0) is 29.7. The van der Waals surface area contributed by atoms with E-state index in [1.807, 2.05) is 78.9 Å². The van der Waals surface area contributed by atoms with Crippen LogP contribution in [0, 0.1) is 0 Å². The first-order valence-corrected chi connectivity index (χ1v) is 13.3. The molecule has 3 aromatic rings. The van der Waals surface area contributed by atoms with E-state index in [4.69, 9.17) is 14.2 Å². The number of amides is 2. The van der Waals surface area contributed by atoms with Crippen LogP contribution in [0.3, 0.4) is 0 Å². The Morgan fingerprint density at radius 3 is 1.66 bits per heavy atom. The lowest BCUT2D eigenvalue weighted by Crippen LogP contribution is -2.53. The molecule has 0 aliphatic carbocycles. The van der Waals surface area contributed by atoms with Gasteiger partial charge in [-0.3, -0.25) is 9.59 Å². The topological polar surface area (TPSA) is 120 Å². The predicted molar refractivity (Wildman–Crippen MR) is 152 cm³/mol. The number of nitrogens with one attached hydrogen (secondary N) is 2. The van der Waals surface area contributed by atoms with Crippen molar-refractivity contribution in [2.24, 2.45) is 0 Å². The van der Waals surface area contributed by atoms with E-state index in [0.29, 0.717) is 0 Å². The van der Waals surface area contributed by atoms with Gasteiger partial charge in [-0.05, 0) is 37.5 Å². The molecular formula is C32H36N2O7. The third-order valence-corrected chi connectivity index (χ3v) is 5.73. The fraction of sp³-hybridized carbons (Fsp3) is 0.312. The zero-order valence-corrected chi connectivity index (χ0v) is 23.5. The average molecular weight is 561 g/mol. The summed E-state index contributed by atoms with van der Waals surface area (Å²) in [6.07, 6.45) is -1.23. The summed E-state index contributed by atoms with van der Waals surface area (Å²) in [5.74, 6) is -2.13. The molecule has 0 aliphatic rings. The third-order valence-electron chi connectivity index (χ3n) is 5.73. The second-order valence-electron chi connectivity index (χ2n) is 10.4. The Balaban J connectivity index is 1.73. The first-order chi connectivity index (χ1) is 19.6. The van der Waals surface area contributed by atoms with Crippen molar-refractivity contribution < 1.29 is 33.4 Å². The van der Waals surface area contributed by atoms with Gasteiger partial charge in [0.25, 0.3) is 0 Å². The molecule has 2 N–H and O–H groups in total. The molecule has 0 saturated carbocycles. The van der Waals surface area contributed by atoms with E-state index in [2.05, 4.69) is 10.6 Å². The standard InChI is InChI=1S/C32H36N2O7/c1-32(2,3)41-31(38)34-26(20-28(35)39-21-24-15-9-5-10-16-24)29(36)33-27(19-23-13-7-4-8-14-23)30(37)40-22-25-17-11-6-12-18-25/h4-18,26-27H,19-22H2,1-3H3,(H,33,36)(H,34,38)/t26-,27-/m0/s1. The van der Waals surface area contributed by atoms with E-state index in [9.17, 15) is 19.2 Å². The Bertz CT molecular complexity index is 1280. The van der Waals surface area contributed by atoms with Gasteiger partial charge in [0.2, 0.25) is 5.91 Å². The molecule has 0 spiro atoms. The second-order valence-corrected chi connectivity index (χ2v) is 10.4. The molecule has 0 aromatic heterocycles. The molecule has 2 amide bonds. The highest BCUT2D eigenvalue weighted by Gasteiger charge is 2.31. The summed E-state index contributed by atoms with van der Waals surface area (Å²) in [6, 6.07) is 24.9. The van der Waals surface area contributed by atoms with E-state index >= 15 is 0 Å². The molecule has 0 unspecified atom stereocenters. The van der Waals surface area contributed by atoms with Crippen molar-refractivity contribution in [1.29, 1.82) is 0 Å². The lowest BCUT2D eigenvalue weighted by Gasteiger charge is -2.25. The Labute approximate surface area is 240 Å². The smallest absolute Gasteiger partial charge is 0.408 e. The molecule has 0 heterocycles. The highest BCUT2D eigenvalue weighted by atomic mass is 16.6. The number of carbonyl (C=O) groups excluding carboxylic acids is 4. The van der Waals surface area contributed by atoms with Gasteiger partial charge in [0.15, 0.2) is 0 Å². The Morgan fingerprint density at radius 2 is 1.15 bits per heavy atom. The van der Waals surface area contributed by atoms with E-state index < -0.39 is 48.0 Å². The fourth-order valence-corrected chi connectivity index (χ4v) is 3.77. The Hall–Kier alpha value is -4.66. The van der Waals surface area contributed by atoms with E-state index in [1.165, 1.54) is 0 Å². The largest absolute Gasteiger partial charge is 0.461 e. The normalized spacial score (nSPS) is 12.4. The van der Waals surface area contributed by atoms with Crippen LogP contribution in [0.2, 0.25) is 0 Å². The molecule has 0 aliphatic heterocycles. The fourth-order valence-electron chi connectivity index (χ4n) is 3.77. The maximum atomic E-state index is 13.4. The summed E-state index contributed by atoms with van der Waals surface area (Å²) in [5, 5.41) is 5.10. The van der Waals surface area contributed by atoms with Crippen molar-refractivity contribution >= 4 is 23.9 Å². The van der Waals surface area contributed by atoms with E-state index in [-0.39, 0.29) is 19.6 Å². The average Bonchev–Trinajstić information content (AvgIpc) is 2.94. The van der Waals surface area contributed by atoms with Crippen LogP contribution in [-0.4, -0.2) is 41.6 Å². The summed E-state index contributed by atoms with van der Waals surface area (Å²) in [5.41, 5.74) is 1.51. The van der Waals surface area contributed by atoms with Crippen LogP contribution in [0.1, 0.15) is 43.9 Å². The molecule has 2 atom stereocenters. The Morgan fingerprint density at radius 1 is 0.659 bits per heavy atom. The number of benzene rings is 3. The van der Waals surface area contributed by atoms with E-state index in [1.54, 1.807) is 32.9 Å². The molecule has 9 nitrogen and oxygen atoms in total. The maximum absolute atomic E-state index is 13.4. The lowest BCUT2D eigenvalue weighted by molar-refractivity contribution is -0.149. The van der Waals surface area contributed by atoms with E-state index in [0.717, 1.165) is 16.7 Å². The minimum absolute atomic E-state index is 0.00287. The minimum Gasteiger partial charge on any atom is -0.461 e. The monoisotopic (exact) mass is 560 g/mol. The summed E-state index contributed by atoms with van der Waals surface area (Å²) < 4.78 is 16.1. The number of esters is 2. The molecule has 0 radical (unpaired) electrons. The van der Waals surface area contributed by atoms with Gasteiger partial charge in [0.05, 0.1) is 6.42 Å². The molecule has 41 heavy (non-hydrogen) atoms. The molecule has 216 valence electrons. The SMILES string of the molecule is CC(C)(C)OC(=O)N[C@@H](CC(=O)OCc1ccccc1)C(=O)N[C@@H](Cc1ccccc1)C(=O)OCc1ccccc1. The number of hydrogen-bond donors (Lipinski definition) is 2. The van der Waals surface area contributed by atoms with Gasteiger partial charge in [0, 0.05) is 6.42 Å². The van der Waals surface area contributed by atoms with Crippen molar-refractivity contribution in [3.63, 3.8) is 0 Å². The van der Waals surface area contributed by atoms with Crippen LogP contribution in [0.4, 0.5) is 4.79 Å². The van der Waals surface area contributed by atoms with Crippen LogP contribution in [0.15, 0.2) is 91.0 Å². The van der Waals surface area contributed by atoms with Crippen LogP contribution >= 0.6 is 0 Å². The van der Waals surface area contributed by atoms with Gasteiger partial charge in [-0.1, -0.05) is 91.0 Å². The highest BCUT2D eigenvalue weighted by Crippen LogP contribution is 2.11. The van der Waals surface area contributed by atoms with Crippen molar-refractivity contribution in [2.45, 2.75) is 64.5 Å². The summed E-state index contributed by atoms with van der Waals surface area (Å²) in [7, 11) is 0. The number of ether oxygens (including phenoxy) is 3. The molecule has 3 aromatic carbocycles. The molecule has 0 fully saturated rings. The molecule has 9 heteroatoms. The number of rotatable bonds is 12. The lowest BCUT2D eigenvalue weighted by atomic mass is 10.0. The van der Waals surface area contributed by atoms with Crippen LogP contribution in [-0.2, 0) is 48.2 Å². The van der Waals surface area contributed by atoms with Crippen molar-refractivity contribution in [3.8, 4) is 0 Å². The minimum atomic E-state index is -1.37. The molecular weight excluding hydrogens is 524 g/mol. The second kappa shape index (κ2) is 15.2. The van der Waals surface area contributed by atoms with Gasteiger partial charge >= 0.3 is 18.0 Å². The van der Waals surface area contributed by atoms with Crippen LogP contribution in [0.25, 0.3) is 0 Å². The van der Waals surface area contributed by atoms with Crippen molar-refractivity contribution in [1.82, 2.24) is 10.6 Å².